The minimum Gasteiger partial charge on any atom is -0.480 e. The molecule has 8 nitrogen and oxygen atoms in total. The van der Waals surface area contributed by atoms with Crippen molar-refractivity contribution >= 4 is 33.3 Å². The van der Waals surface area contributed by atoms with Crippen LogP contribution < -0.4 is 0 Å². The smallest absolute Gasteiger partial charge is 0.417 e. The van der Waals surface area contributed by atoms with Gasteiger partial charge in [0.05, 0.1) is 31.8 Å². The number of sulfone groups is 1. The van der Waals surface area contributed by atoms with E-state index < -0.39 is 74.6 Å². The van der Waals surface area contributed by atoms with E-state index in [1.54, 1.807) is 31.3 Å². The van der Waals surface area contributed by atoms with Gasteiger partial charge in [-0.25, -0.2) is 17.6 Å². The zero-order valence-corrected chi connectivity index (χ0v) is 22.9. The van der Waals surface area contributed by atoms with Gasteiger partial charge in [0, 0.05) is 30.2 Å². The van der Waals surface area contributed by atoms with Crippen LogP contribution in [-0.2, 0) is 31.0 Å². The number of carbonyl (C=O) groups excluding carboxylic acids is 1. The monoisotopic (exact) mass is 611 g/mol. The maximum Gasteiger partial charge on any atom is 0.417 e. The van der Waals surface area contributed by atoms with Crippen molar-refractivity contribution in [1.29, 1.82) is 0 Å². The van der Waals surface area contributed by atoms with Crippen LogP contribution >= 0.6 is 11.6 Å². The minimum atomic E-state index is -4.85. The molecular weight excluding hydrogens is 590 g/mol. The zero-order chi connectivity index (χ0) is 29.9. The summed E-state index contributed by atoms with van der Waals surface area (Å²) >= 11 is 6.39. The van der Waals surface area contributed by atoms with Gasteiger partial charge in [-0.2, -0.15) is 13.2 Å². The van der Waals surface area contributed by atoms with E-state index in [9.17, 15) is 40.7 Å². The highest BCUT2D eigenvalue weighted by Crippen LogP contribution is 2.51. The summed E-state index contributed by atoms with van der Waals surface area (Å²) in [5.74, 6) is -3.72. The van der Waals surface area contributed by atoms with E-state index in [2.05, 4.69) is 9.97 Å². The highest BCUT2D eigenvalue weighted by atomic mass is 35.5. The molecule has 5 rings (SSSR count). The second-order valence-corrected chi connectivity index (χ2v) is 12.7. The average molecular weight is 612 g/mol. The molecule has 1 saturated carbocycles. The number of hydrogen-bond acceptors (Lipinski definition) is 6. The van der Waals surface area contributed by atoms with Crippen molar-refractivity contribution in [2.75, 3.05) is 6.54 Å². The van der Waals surface area contributed by atoms with Crippen LogP contribution in [0.3, 0.4) is 0 Å². The van der Waals surface area contributed by atoms with Crippen LogP contribution in [0.4, 0.5) is 17.6 Å². The van der Waals surface area contributed by atoms with Gasteiger partial charge in [0.25, 0.3) is 0 Å². The number of carbonyl (C=O) groups is 2. The molecule has 3 heterocycles. The second-order valence-electron chi connectivity index (χ2n) is 10.1. The third-order valence-electron chi connectivity index (χ3n) is 7.58. The molecule has 2 aliphatic rings. The first-order valence-electron chi connectivity index (χ1n) is 12.4. The molecule has 0 radical (unpaired) electrons. The van der Waals surface area contributed by atoms with Crippen molar-refractivity contribution in [3.63, 3.8) is 0 Å². The maximum atomic E-state index is 14.8. The fraction of sp³-hybridized carbons (Fsp3) is 0.333. The Morgan fingerprint density at radius 1 is 1.15 bits per heavy atom. The normalized spacial score (nSPS) is 20.2. The number of benzene rings is 1. The number of nitrogens with zero attached hydrogens (tertiary/aromatic N) is 3. The first kappa shape index (κ1) is 28.9. The van der Waals surface area contributed by atoms with E-state index in [1.807, 2.05) is 0 Å². The van der Waals surface area contributed by atoms with Crippen LogP contribution in [0.5, 0.6) is 0 Å². The van der Waals surface area contributed by atoms with Crippen molar-refractivity contribution < 1.29 is 40.7 Å². The van der Waals surface area contributed by atoms with Crippen molar-refractivity contribution in [2.24, 2.45) is 0 Å². The number of pyridine rings is 2. The Bertz CT molecular complexity index is 1680. The van der Waals surface area contributed by atoms with E-state index in [0.29, 0.717) is 17.5 Å². The van der Waals surface area contributed by atoms with Gasteiger partial charge in [0.1, 0.15) is 11.9 Å². The summed E-state index contributed by atoms with van der Waals surface area (Å²) in [7, 11) is -4.25. The molecule has 1 saturated heterocycles. The predicted octanol–water partition coefficient (Wildman–Crippen LogP) is 4.82. The molecule has 1 aliphatic heterocycles. The first-order chi connectivity index (χ1) is 19.2. The SMILES string of the molecule is Cc1ncccc1-c1ccc(S(=O)(=O)[C@@H]2C[C@@H](C(=O)O)N(C(=O)C3(c4ncc(C(F)(F)F)cc4F)CC3)C2)c(Cl)c1. The minimum absolute atomic E-state index is 0.0163. The number of aryl methyl sites for hydroxylation is 1. The molecule has 2 aromatic heterocycles. The maximum absolute atomic E-state index is 14.8. The molecule has 1 N–H and O–H groups in total. The number of amides is 1. The predicted molar refractivity (Wildman–Crippen MR) is 138 cm³/mol. The van der Waals surface area contributed by atoms with Crippen LogP contribution in [-0.4, -0.2) is 58.1 Å². The number of hydrogen-bond donors (Lipinski definition) is 1. The lowest BCUT2D eigenvalue weighted by Gasteiger charge is -2.27. The van der Waals surface area contributed by atoms with Crippen LogP contribution in [0.2, 0.25) is 5.02 Å². The molecule has 1 amide bonds. The second kappa shape index (κ2) is 10.1. The number of rotatable bonds is 6. The van der Waals surface area contributed by atoms with Crippen molar-refractivity contribution in [1.82, 2.24) is 14.9 Å². The molecule has 0 spiro atoms. The van der Waals surface area contributed by atoms with Gasteiger partial charge < -0.3 is 10.0 Å². The summed E-state index contributed by atoms with van der Waals surface area (Å²) in [5, 5.41) is 8.38. The summed E-state index contributed by atoms with van der Waals surface area (Å²) in [4.78, 5) is 34.1. The number of aromatic nitrogens is 2. The van der Waals surface area contributed by atoms with Gasteiger partial charge in [-0.3, -0.25) is 14.8 Å². The Morgan fingerprint density at radius 2 is 1.85 bits per heavy atom. The molecule has 2 atom stereocenters. The number of carboxylic acid groups (broad SMARTS) is 1. The average Bonchev–Trinajstić information content (AvgIpc) is 3.57. The standard InChI is InChI=1S/C27H22ClF4N3O5S/c1-14-18(3-2-8-33-14)15-4-5-22(19(28)9-15)41(39,40)17-11-21(24(36)37)35(13-17)25(38)26(6-7-26)23-20(29)10-16(12-34-23)27(30,31)32/h2-5,8-10,12,17,21H,6-7,11,13H2,1H3,(H,36,37)/t17-,21+/m1/s1. The van der Waals surface area contributed by atoms with E-state index in [1.165, 1.54) is 12.1 Å². The Kier molecular flexibility index (Phi) is 7.09. The zero-order valence-electron chi connectivity index (χ0n) is 21.3. The third kappa shape index (κ3) is 5.05. The van der Waals surface area contributed by atoms with Crippen LogP contribution in [0.25, 0.3) is 11.1 Å². The number of carboxylic acids is 1. The quantitative estimate of drug-likeness (QED) is 0.397. The fourth-order valence-electron chi connectivity index (χ4n) is 5.25. The summed E-state index contributed by atoms with van der Waals surface area (Å²) in [5.41, 5.74) is -1.49. The number of likely N-dealkylation sites (tertiary alicyclic amines) is 1. The molecular formula is C27H22ClF4N3O5S. The van der Waals surface area contributed by atoms with E-state index in [0.717, 1.165) is 10.5 Å². The highest BCUT2D eigenvalue weighted by molar-refractivity contribution is 7.92. The number of halogens is 5. The Labute approximate surface area is 236 Å². The van der Waals surface area contributed by atoms with Crippen molar-refractivity contribution in [3.05, 3.63) is 76.6 Å². The molecule has 216 valence electrons. The lowest BCUT2D eigenvalue weighted by molar-refractivity contribution is -0.149. The van der Waals surface area contributed by atoms with Crippen LogP contribution in [0, 0.1) is 12.7 Å². The first-order valence-corrected chi connectivity index (χ1v) is 14.3. The Balaban J connectivity index is 1.44. The lowest BCUT2D eigenvalue weighted by Crippen LogP contribution is -2.46. The van der Waals surface area contributed by atoms with Gasteiger partial charge in [0.2, 0.25) is 5.91 Å². The molecule has 0 bridgehead atoms. The van der Waals surface area contributed by atoms with Crippen molar-refractivity contribution in [2.45, 2.75) is 54.0 Å². The largest absolute Gasteiger partial charge is 0.480 e. The molecule has 14 heteroatoms. The molecule has 1 aliphatic carbocycles. The van der Waals surface area contributed by atoms with Crippen molar-refractivity contribution in [3.8, 4) is 11.1 Å². The number of alkyl halides is 3. The lowest BCUT2D eigenvalue weighted by atomic mass is 9.98. The Hall–Kier alpha value is -3.58. The molecule has 0 unspecified atom stereocenters. The summed E-state index contributed by atoms with van der Waals surface area (Å²) in [6.07, 6.45) is -3.25. The summed E-state index contributed by atoms with van der Waals surface area (Å²) in [6.45, 7) is 1.25. The van der Waals surface area contributed by atoms with Crippen LogP contribution in [0.15, 0.2) is 53.7 Å². The van der Waals surface area contributed by atoms with E-state index in [-0.39, 0.29) is 28.8 Å². The molecule has 41 heavy (non-hydrogen) atoms. The molecule has 2 fully saturated rings. The van der Waals surface area contributed by atoms with Crippen LogP contribution in [0.1, 0.15) is 36.2 Å². The van der Waals surface area contributed by atoms with E-state index in [4.69, 9.17) is 11.6 Å². The number of aliphatic carboxylic acids is 1. The molecule has 3 aromatic rings. The highest BCUT2D eigenvalue weighted by Gasteiger charge is 2.59. The third-order valence-corrected chi connectivity index (χ3v) is 10.2. The summed E-state index contributed by atoms with van der Waals surface area (Å²) in [6, 6.07) is 6.51. The van der Waals surface area contributed by atoms with Gasteiger partial charge in [-0.15, -0.1) is 0 Å². The van der Waals surface area contributed by atoms with Gasteiger partial charge in [-0.1, -0.05) is 23.7 Å². The Morgan fingerprint density at radius 3 is 2.41 bits per heavy atom. The molecule has 1 aromatic carbocycles. The topological polar surface area (TPSA) is 118 Å². The summed E-state index contributed by atoms with van der Waals surface area (Å²) < 4.78 is 81.0. The van der Waals surface area contributed by atoms with Gasteiger partial charge in [0.15, 0.2) is 9.84 Å². The van der Waals surface area contributed by atoms with Gasteiger partial charge >= 0.3 is 12.1 Å². The van der Waals surface area contributed by atoms with E-state index >= 15 is 0 Å². The van der Waals surface area contributed by atoms with Gasteiger partial charge in [-0.05, 0) is 56.0 Å². The fourth-order valence-corrected chi connectivity index (χ4v) is 7.49.